The molecule has 0 fully saturated rings. The quantitative estimate of drug-likeness (QED) is 0.367. The SMILES string of the molecule is C[C@@H](OC(=O)c1ccccc1NC(=O)c1ccco1)C(=O)c1c[nH]c2ccccc12. The van der Waals surface area contributed by atoms with Crippen molar-refractivity contribution in [2.75, 3.05) is 5.32 Å². The van der Waals surface area contributed by atoms with Gasteiger partial charge < -0.3 is 19.5 Å². The maximum absolute atomic E-state index is 12.8. The summed E-state index contributed by atoms with van der Waals surface area (Å²) in [6, 6.07) is 16.9. The van der Waals surface area contributed by atoms with Gasteiger partial charge in [-0.3, -0.25) is 9.59 Å². The van der Waals surface area contributed by atoms with Crippen LogP contribution in [0.4, 0.5) is 5.69 Å². The number of amides is 1. The van der Waals surface area contributed by atoms with E-state index in [0.717, 1.165) is 10.9 Å². The van der Waals surface area contributed by atoms with Crippen LogP contribution in [0.25, 0.3) is 10.9 Å². The van der Waals surface area contributed by atoms with Gasteiger partial charge in [0.05, 0.1) is 17.5 Å². The summed E-state index contributed by atoms with van der Waals surface area (Å²) < 4.78 is 10.5. The number of nitrogens with one attached hydrogen (secondary N) is 2. The number of hydrogen-bond donors (Lipinski definition) is 2. The minimum absolute atomic E-state index is 0.112. The van der Waals surface area contributed by atoms with Crippen molar-refractivity contribution in [2.24, 2.45) is 0 Å². The molecule has 0 aliphatic heterocycles. The predicted octanol–water partition coefficient (Wildman–Crippen LogP) is 4.44. The molecule has 7 nitrogen and oxygen atoms in total. The van der Waals surface area contributed by atoms with Crippen LogP contribution in [0, 0.1) is 0 Å². The third-order valence-electron chi connectivity index (χ3n) is 4.65. The lowest BCUT2D eigenvalue weighted by molar-refractivity contribution is 0.0320. The fourth-order valence-electron chi connectivity index (χ4n) is 3.13. The monoisotopic (exact) mass is 402 g/mol. The lowest BCUT2D eigenvalue weighted by atomic mass is 10.1. The summed E-state index contributed by atoms with van der Waals surface area (Å²) in [5.41, 5.74) is 1.67. The fraction of sp³-hybridized carbons (Fsp3) is 0.0870. The first kappa shape index (κ1) is 19.2. The molecule has 0 aliphatic carbocycles. The van der Waals surface area contributed by atoms with Crippen LogP contribution in [0.5, 0.6) is 0 Å². The molecule has 30 heavy (non-hydrogen) atoms. The Kier molecular flexibility index (Phi) is 5.17. The molecule has 2 N–H and O–H groups in total. The number of aromatic amines is 1. The van der Waals surface area contributed by atoms with Gasteiger partial charge in [-0.2, -0.15) is 0 Å². The van der Waals surface area contributed by atoms with Gasteiger partial charge in [-0.15, -0.1) is 0 Å². The minimum Gasteiger partial charge on any atom is -0.459 e. The summed E-state index contributed by atoms with van der Waals surface area (Å²) in [5, 5.41) is 3.39. The van der Waals surface area contributed by atoms with Crippen molar-refractivity contribution in [2.45, 2.75) is 13.0 Å². The number of ketones is 1. The molecule has 0 spiro atoms. The van der Waals surface area contributed by atoms with Gasteiger partial charge in [-0.25, -0.2) is 4.79 Å². The molecule has 0 saturated heterocycles. The molecular formula is C23H18N2O5. The van der Waals surface area contributed by atoms with E-state index < -0.39 is 18.0 Å². The van der Waals surface area contributed by atoms with Crippen molar-refractivity contribution in [1.29, 1.82) is 0 Å². The molecule has 2 aromatic heterocycles. The van der Waals surface area contributed by atoms with E-state index >= 15 is 0 Å². The molecule has 0 saturated carbocycles. The number of benzene rings is 2. The predicted molar refractivity (Wildman–Crippen MR) is 111 cm³/mol. The molecule has 2 heterocycles. The van der Waals surface area contributed by atoms with Gasteiger partial charge in [0.1, 0.15) is 0 Å². The lowest BCUT2D eigenvalue weighted by Crippen LogP contribution is -2.25. The van der Waals surface area contributed by atoms with Crippen molar-refractivity contribution in [3.8, 4) is 0 Å². The minimum atomic E-state index is -1.01. The van der Waals surface area contributed by atoms with Crippen LogP contribution < -0.4 is 5.32 Å². The summed E-state index contributed by atoms with van der Waals surface area (Å²) in [6.45, 7) is 1.52. The third kappa shape index (κ3) is 3.73. The average molecular weight is 402 g/mol. The zero-order valence-electron chi connectivity index (χ0n) is 16.0. The van der Waals surface area contributed by atoms with Crippen molar-refractivity contribution in [3.63, 3.8) is 0 Å². The van der Waals surface area contributed by atoms with Gasteiger partial charge in [0, 0.05) is 22.7 Å². The van der Waals surface area contributed by atoms with Gasteiger partial charge in [-0.1, -0.05) is 30.3 Å². The Morgan fingerprint density at radius 1 is 0.967 bits per heavy atom. The topological polar surface area (TPSA) is 101 Å². The normalized spacial score (nSPS) is 11.8. The number of carbonyl (C=O) groups excluding carboxylic acids is 3. The molecular weight excluding hydrogens is 384 g/mol. The third-order valence-corrected chi connectivity index (χ3v) is 4.65. The van der Waals surface area contributed by atoms with Gasteiger partial charge in [0.2, 0.25) is 5.78 Å². The summed E-state index contributed by atoms with van der Waals surface area (Å²) in [5.74, 6) is -1.42. The summed E-state index contributed by atoms with van der Waals surface area (Å²) in [6.07, 6.45) is 1.98. The van der Waals surface area contributed by atoms with Crippen LogP contribution in [-0.4, -0.2) is 28.7 Å². The van der Waals surface area contributed by atoms with Crippen molar-refractivity contribution < 1.29 is 23.5 Å². The summed E-state index contributed by atoms with van der Waals surface area (Å²) >= 11 is 0. The highest BCUT2D eigenvalue weighted by Gasteiger charge is 2.24. The van der Waals surface area contributed by atoms with E-state index in [1.165, 1.54) is 25.3 Å². The fourth-order valence-corrected chi connectivity index (χ4v) is 3.13. The molecule has 0 bridgehead atoms. The number of furan rings is 1. The molecule has 2 aromatic carbocycles. The number of anilines is 1. The molecule has 4 rings (SSSR count). The Hall–Kier alpha value is -4.13. The molecule has 7 heteroatoms. The molecule has 1 amide bonds. The average Bonchev–Trinajstić information content (AvgIpc) is 3.43. The maximum Gasteiger partial charge on any atom is 0.340 e. The highest BCUT2D eigenvalue weighted by atomic mass is 16.5. The Morgan fingerprint density at radius 2 is 1.73 bits per heavy atom. The Labute approximate surface area is 171 Å². The zero-order valence-corrected chi connectivity index (χ0v) is 16.0. The number of para-hydroxylation sites is 2. The van der Waals surface area contributed by atoms with Crippen molar-refractivity contribution >= 4 is 34.3 Å². The number of carbonyl (C=O) groups is 3. The highest BCUT2D eigenvalue weighted by molar-refractivity contribution is 6.11. The zero-order chi connectivity index (χ0) is 21.1. The van der Waals surface area contributed by atoms with E-state index in [4.69, 9.17) is 9.15 Å². The Balaban J connectivity index is 1.51. The van der Waals surface area contributed by atoms with E-state index in [1.807, 2.05) is 24.3 Å². The van der Waals surface area contributed by atoms with Gasteiger partial charge >= 0.3 is 5.97 Å². The smallest absolute Gasteiger partial charge is 0.340 e. The molecule has 0 radical (unpaired) electrons. The first-order chi connectivity index (χ1) is 14.5. The number of rotatable bonds is 6. The summed E-state index contributed by atoms with van der Waals surface area (Å²) in [4.78, 5) is 40.8. The Bertz CT molecular complexity index is 1220. The van der Waals surface area contributed by atoms with E-state index in [9.17, 15) is 14.4 Å². The number of aromatic nitrogens is 1. The van der Waals surface area contributed by atoms with Gasteiger partial charge in [0.25, 0.3) is 5.91 Å². The van der Waals surface area contributed by atoms with E-state index in [-0.39, 0.29) is 22.8 Å². The van der Waals surface area contributed by atoms with Crippen LogP contribution in [0.15, 0.2) is 77.5 Å². The number of H-pyrrole nitrogens is 1. The van der Waals surface area contributed by atoms with Crippen LogP contribution in [0.1, 0.15) is 38.2 Å². The first-order valence-corrected chi connectivity index (χ1v) is 9.30. The van der Waals surface area contributed by atoms with E-state index in [0.29, 0.717) is 5.56 Å². The standard InChI is InChI=1S/C23H18N2O5/c1-14(21(26)17-13-24-18-9-4-2-7-15(17)18)30-23(28)16-8-3-5-10-19(16)25-22(27)20-11-6-12-29-20/h2-14,24H,1H3,(H,25,27)/t14-/m1/s1. The number of esters is 1. The molecule has 1 atom stereocenters. The lowest BCUT2D eigenvalue weighted by Gasteiger charge is -2.14. The van der Waals surface area contributed by atoms with Crippen LogP contribution in [-0.2, 0) is 4.74 Å². The van der Waals surface area contributed by atoms with Crippen LogP contribution in [0.2, 0.25) is 0 Å². The number of fused-ring (bicyclic) bond motifs is 1. The summed E-state index contributed by atoms with van der Waals surface area (Å²) in [7, 11) is 0. The molecule has 0 aliphatic rings. The van der Waals surface area contributed by atoms with Crippen LogP contribution >= 0.6 is 0 Å². The molecule has 4 aromatic rings. The molecule has 150 valence electrons. The van der Waals surface area contributed by atoms with E-state index in [2.05, 4.69) is 10.3 Å². The second-order valence-corrected chi connectivity index (χ2v) is 6.64. The highest BCUT2D eigenvalue weighted by Crippen LogP contribution is 2.22. The Morgan fingerprint density at radius 3 is 2.53 bits per heavy atom. The van der Waals surface area contributed by atoms with Gasteiger partial charge in [-0.05, 0) is 37.3 Å². The van der Waals surface area contributed by atoms with Crippen molar-refractivity contribution in [1.82, 2.24) is 4.98 Å². The second kappa shape index (κ2) is 8.08. The van der Waals surface area contributed by atoms with Crippen LogP contribution in [0.3, 0.4) is 0 Å². The maximum atomic E-state index is 12.8. The molecule has 0 unspecified atom stereocenters. The second-order valence-electron chi connectivity index (χ2n) is 6.64. The van der Waals surface area contributed by atoms with Crippen molar-refractivity contribution in [3.05, 3.63) is 90.0 Å². The number of hydrogen-bond acceptors (Lipinski definition) is 5. The first-order valence-electron chi connectivity index (χ1n) is 9.30. The number of Topliss-reactive ketones (excluding diaryl/α,β-unsaturated/α-hetero) is 1. The number of ether oxygens (including phenoxy) is 1. The largest absolute Gasteiger partial charge is 0.459 e. The van der Waals surface area contributed by atoms with E-state index in [1.54, 1.807) is 30.5 Å². The van der Waals surface area contributed by atoms with Gasteiger partial charge in [0.15, 0.2) is 11.9 Å².